The summed E-state index contributed by atoms with van der Waals surface area (Å²) in [6, 6.07) is 0. The zero-order chi connectivity index (χ0) is 7.11. The summed E-state index contributed by atoms with van der Waals surface area (Å²) in [5.74, 6) is 0.622. The fourth-order valence-electron chi connectivity index (χ4n) is 0.869. The molecule has 2 nitrogen and oxygen atoms in total. The SMILES string of the molecule is CC[C@H](CN)CCCO. The minimum atomic E-state index is 0.302. The van der Waals surface area contributed by atoms with E-state index in [-0.39, 0.29) is 0 Å². The van der Waals surface area contributed by atoms with Crippen molar-refractivity contribution in [3.63, 3.8) is 0 Å². The van der Waals surface area contributed by atoms with Crippen LogP contribution in [0.3, 0.4) is 0 Å². The molecule has 9 heavy (non-hydrogen) atoms. The fraction of sp³-hybridized carbons (Fsp3) is 1.00. The summed E-state index contributed by atoms with van der Waals surface area (Å²) >= 11 is 0. The third kappa shape index (κ3) is 4.43. The molecule has 0 aliphatic heterocycles. The predicted octanol–water partition coefficient (Wildman–Crippen LogP) is 0.744. The van der Waals surface area contributed by atoms with Gasteiger partial charge >= 0.3 is 0 Å². The molecule has 0 saturated carbocycles. The third-order valence-corrected chi connectivity index (χ3v) is 1.68. The number of aliphatic hydroxyl groups excluding tert-OH is 1. The smallest absolute Gasteiger partial charge is 0.0431 e. The monoisotopic (exact) mass is 131 g/mol. The third-order valence-electron chi connectivity index (χ3n) is 1.68. The van der Waals surface area contributed by atoms with Gasteiger partial charge in [-0.3, -0.25) is 0 Å². The topological polar surface area (TPSA) is 46.2 Å². The van der Waals surface area contributed by atoms with Gasteiger partial charge in [0.15, 0.2) is 0 Å². The second-order valence-corrected chi connectivity index (χ2v) is 2.38. The Hall–Kier alpha value is -0.0800. The van der Waals surface area contributed by atoms with E-state index in [4.69, 9.17) is 10.8 Å². The summed E-state index contributed by atoms with van der Waals surface area (Å²) in [6.07, 6.45) is 3.11. The number of hydrogen-bond donors (Lipinski definition) is 2. The van der Waals surface area contributed by atoms with Gasteiger partial charge in [0.1, 0.15) is 0 Å². The van der Waals surface area contributed by atoms with Gasteiger partial charge in [0.25, 0.3) is 0 Å². The lowest BCUT2D eigenvalue weighted by atomic mass is 10.0. The van der Waals surface area contributed by atoms with Gasteiger partial charge in [0.05, 0.1) is 0 Å². The summed E-state index contributed by atoms with van der Waals surface area (Å²) < 4.78 is 0. The van der Waals surface area contributed by atoms with E-state index in [9.17, 15) is 0 Å². The van der Waals surface area contributed by atoms with Crippen molar-refractivity contribution in [3.8, 4) is 0 Å². The molecule has 0 bridgehead atoms. The molecule has 0 radical (unpaired) electrons. The van der Waals surface area contributed by atoms with Gasteiger partial charge in [-0.25, -0.2) is 0 Å². The van der Waals surface area contributed by atoms with Crippen LogP contribution in [0.25, 0.3) is 0 Å². The predicted molar refractivity (Wildman–Crippen MR) is 39.2 cm³/mol. The highest BCUT2D eigenvalue weighted by atomic mass is 16.2. The van der Waals surface area contributed by atoms with Crippen molar-refractivity contribution in [2.45, 2.75) is 26.2 Å². The zero-order valence-electron chi connectivity index (χ0n) is 6.14. The van der Waals surface area contributed by atoms with Gasteiger partial charge in [-0.15, -0.1) is 0 Å². The lowest BCUT2D eigenvalue weighted by Gasteiger charge is -2.09. The first-order valence-electron chi connectivity index (χ1n) is 3.66. The molecule has 0 aliphatic carbocycles. The Labute approximate surface area is 57.1 Å². The van der Waals surface area contributed by atoms with E-state index < -0.39 is 0 Å². The van der Waals surface area contributed by atoms with Crippen LogP contribution in [-0.4, -0.2) is 18.3 Å². The van der Waals surface area contributed by atoms with Gasteiger partial charge in [0, 0.05) is 6.61 Å². The van der Waals surface area contributed by atoms with Crippen LogP contribution in [0.2, 0.25) is 0 Å². The molecule has 0 amide bonds. The molecule has 0 aromatic rings. The minimum Gasteiger partial charge on any atom is -0.396 e. The molecule has 0 rings (SSSR count). The van der Waals surface area contributed by atoms with Gasteiger partial charge < -0.3 is 10.8 Å². The Morgan fingerprint density at radius 1 is 1.56 bits per heavy atom. The standard InChI is InChI=1S/C7H17NO/c1-2-7(6-8)4-3-5-9/h7,9H,2-6,8H2,1H3/t7-/m0/s1. The van der Waals surface area contributed by atoms with E-state index in [0.29, 0.717) is 12.5 Å². The van der Waals surface area contributed by atoms with E-state index in [2.05, 4.69) is 6.92 Å². The molecular formula is C7H17NO. The van der Waals surface area contributed by atoms with Crippen molar-refractivity contribution in [1.29, 1.82) is 0 Å². The summed E-state index contributed by atoms with van der Waals surface area (Å²) in [5, 5.41) is 8.47. The first kappa shape index (κ1) is 8.92. The second kappa shape index (κ2) is 6.05. The molecule has 0 unspecified atom stereocenters. The van der Waals surface area contributed by atoms with Crippen molar-refractivity contribution in [2.75, 3.05) is 13.2 Å². The van der Waals surface area contributed by atoms with Crippen LogP contribution in [-0.2, 0) is 0 Å². The van der Waals surface area contributed by atoms with Crippen LogP contribution < -0.4 is 5.73 Å². The first-order valence-corrected chi connectivity index (χ1v) is 3.66. The Balaban J connectivity index is 3.09. The first-order chi connectivity index (χ1) is 4.35. The van der Waals surface area contributed by atoms with E-state index in [1.807, 2.05) is 0 Å². The van der Waals surface area contributed by atoms with Crippen molar-refractivity contribution in [1.82, 2.24) is 0 Å². The van der Waals surface area contributed by atoms with Crippen LogP contribution in [0.15, 0.2) is 0 Å². The van der Waals surface area contributed by atoms with Gasteiger partial charge in [0.2, 0.25) is 0 Å². The summed E-state index contributed by atoms with van der Waals surface area (Å²) in [5.41, 5.74) is 5.44. The normalized spacial score (nSPS) is 13.7. The van der Waals surface area contributed by atoms with Crippen molar-refractivity contribution >= 4 is 0 Å². The minimum absolute atomic E-state index is 0.302. The van der Waals surface area contributed by atoms with Gasteiger partial charge in [-0.2, -0.15) is 0 Å². The second-order valence-electron chi connectivity index (χ2n) is 2.38. The Morgan fingerprint density at radius 2 is 2.22 bits per heavy atom. The highest BCUT2D eigenvalue weighted by molar-refractivity contribution is 4.56. The average Bonchev–Trinajstić information content (AvgIpc) is 1.91. The number of nitrogens with two attached hydrogens (primary N) is 1. The van der Waals surface area contributed by atoms with Gasteiger partial charge in [-0.1, -0.05) is 13.3 Å². The molecule has 2 heteroatoms. The highest BCUT2D eigenvalue weighted by Crippen LogP contribution is 2.07. The Morgan fingerprint density at radius 3 is 2.56 bits per heavy atom. The molecule has 0 aliphatic rings. The quantitative estimate of drug-likeness (QED) is 0.578. The van der Waals surface area contributed by atoms with Crippen molar-refractivity contribution in [3.05, 3.63) is 0 Å². The maximum Gasteiger partial charge on any atom is 0.0431 e. The van der Waals surface area contributed by atoms with Crippen molar-refractivity contribution < 1.29 is 5.11 Å². The van der Waals surface area contributed by atoms with Crippen LogP contribution in [0.1, 0.15) is 26.2 Å². The average molecular weight is 131 g/mol. The molecule has 0 heterocycles. The Kier molecular flexibility index (Phi) is 5.99. The molecule has 1 atom stereocenters. The molecular weight excluding hydrogens is 114 g/mol. The molecule has 0 saturated heterocycles. The number of hydrogen-bond acceptors (Lipinski definition) is 2. The summed E-state index contributed by atoms with van der Waals surface area (Å²) in [7, 11) is 0. The van der Waals surface area contributed by atoms with Crippen LogP contribution in [0.4, 0.5) is 0 Å². The number of aliphatic hydroxyl groups is 1. The molecule has 0 aromatic heterocycles. The maximum atomic E-state index is 8.47. The van der Waals surface area contributed by atoms with E-state index in [0.717, 1.165) is 25.8 Å². The van der Waals surface area contributed by atoms with Crippen LogP contribution in [0.5, 0.6) is 0 Å². The lowest BCUT2D eigenvalue weighted by molar-refractivity contribution is 0.271. The Bertz CT molecular complexity index is 52.9. The summed E-state index contributed by atoms with van der Waals surface area (Å²) in [6.45, 7) is 3.20. The highest BCUT2D eigenvalue weighted by Gasteiger charge is 2.00. The molecule has 3 N–H and O–H groups in total. The molecule has 56 valence electrons. The summed E-state index contributed by atoms with van der Waals surface area (Å²) in [4.78, 5) is 0. The van der Waals surface area contributed by atoms with E-state index in [1.165, 1.54) is 0 Å². The van der Waals surface area contributed by atoms with E-state index >= 15 is 0 Å². The molecule has 0 aromatic carbocycles. The van der Waals surface area contributed by atoms with E-state index in [1.54, 1.807) is 0 Å². The van der Waals surface area contributed by atoms with Crippen molar-refractivity contribution in [2.24, 2.45) is 11.7 Å². The van der Waals surface area contributed by atoms with Gasteiger partial charge in [-0.05, 0) is 25.3 Å². The zero-order valence-corrected chi connectivity index (χ0v) is 6.14. The fourth-order valence-corrected chi connectivity index (χ4v) is 0.869. The molecule has 0 fully saturated rings. The van der Waals surface area contributed by atoms with Crippen LogP contribution >= 0.6 is 0 Å². The largest absolute Gasteiger partial charge is 0.396 e. The van der Waals surface area contributed by atoms with Crippen LogP contribution in [0, 0.1) is 5.92 Å². The number of rotatable bonds is 5. The maximum absolute atomic E-state index is 8.47. The molecule has 0 spiro atoms. The lowest BCUT2D eigenvalue weighted by Crippen LogP contribution is -2.13.